The summed E-state index contributed by atoms with van der Waals surface area (Å²) >= 11 is 0. The van der Waals surface area contributed by atoms with E-state index in [0.29, 0.717) is 13.2 Å². The lowest BCUT2D eigenvalue weighted by Gasteiger charge is -2.02. The van der Waals surface area contributed by atoms with E-state index in [1.165, 1.54) is 0 Å². The molecule has 92 valence electrons. The minimum Gasteiger partial charge on any atom is -0.497 e. The van der Waals surface area contributed by atoms with Gasteiger partial charge in [0.2, 0.25) is 0 Å². The minimum absolute atomic E-state index is 0.292. The molecule has 0 aliphatic rings. The highest BCUT2D eigenvalue weighted by Crippen LogP contribution is 2.11. The van der Waals surface area contributed by atoms with Crippen LogP contribution >= 0.6 is 0 Å². The number of benzene rings is 1. The molecule has 0 N–H and O–H groups in total. The Morgan fingerprint density at radius 3 is 2.65 bits per heavy atom. The molecule has 5 heteroatoms. The van der Waals surface area contributed by atoms with Crippen molar-refractivity contribution in [3.8, 4) is 5.75 Å². The van der Waals surface area contributed by atoms with Crippen LogP contribution in [-0.4, -0.2) is 25.9 Å². The average molecular weight is 237 g/mol. The van der Waals surface area contributed by atoms with E-state index in [9.17, 15) is 4.79 Å². The van der Waals surface area contributed by atoms with Crippen molar-refractivity contribution in [2.45, 2.75) is 13.5 Å². The summed E-state index contributed by atoms with van der Waals surface area (Å²) in [6, 6.07) is 7.37. The molecule has 0 atom stereocenters. The Labute approximate surface area is 100.0 Å². The minimum atomic E-state index is -0.512. The smallest absolute Gasteiger partial charge is 0.352 e. The number of carbonyl (C=O) groups is 1. The molecule has 0 saturated heterocycles. The number of carbonyl (C=O) groups excluding carboxylic acids is 1. The third-order valence-electron chi connectivity index (χ3n) is 1.91. The van der Waals surface area contributed by atoms with E-state index >= 15 is 0 Å². The molecule has 0 bridgehead atoms. The third kappa shape index (κ3) is 5.01. The molecule has 0 aliphatic heterocycles. The zero-order chi connectivity index (χ0) is 12.5. The van der Waals surface area contributed by atoms with Gasteiger partial charge in [0.25, 0.3) is 0 Å². The van der Waals surface area contributed by atoms with Gasteiger partial charge in [-0.15, -0.1) is 0 Å². The standard InChI is InChI=1S/C12H15NO4/c1-3-16-12(14)8-13-17-9-10-4-6-11(15-2)7-5-10/h4-8H,3,9H2,1-2H3/b13-8+. The van der Waals surface area contributed by atoms with Gasteiger partial charge in [0.05, 0.1) is 13.7 Å². The Morgan fingerprint density at radius 1 is 1.35 bits per heavy atom. The number of methoxy groups -OCH3 is 1. The Kier molecular flexibility index (Phi) is 5.57. The van der Waals surface area contributed by atoms with E-state index in [1.807, 2.05) is 24.3 Å². The van der Waals surface area contributed by atoms with E-state index in [0.717, 1.165) is 17.5 Å². The largest absolute Gasteiger partial charge is 0.497 e. The highest BCUT2D eigenvalue weighted by molar-refractivity contribution is 6.22. The van der Waals surface area contributed by atoms with Gasteiger partial charge in [-0.1, -0.05) is 17.3 Å². The second-order valence-corrected chi connectivity index (χ2v) is 3.11. The molecule has 17 heavy (non-hydrogen) atoms. The van der Waals surface area contributed by atoms with Gasteiger partial charge in [-0.3, -0.25) is 0 Å². The predicted molar refractivity (Wildman–Crippen MR) is 62.9 cm³/mol. The molecule has 1 rings (SSSR count). The molecule has 0 amide bonds. The zero-order valence-corrected chi connectivity index (χ0v) is 9.88. The van der Waals surface area contributed by atoms with Crippen LogP contribution in [0.1, 0.15) is 12.5 Å². The van der Waals surface area contributed by atoms with Crippen LogP contribution in [0.2, 0.25) is 0 Å². The van der Waals surface area contributed by atoms with E-state index in [-0.39, 0.29) is 0 Å². The Hall–Kier alpha value is -2.04. The van der Waals surface area contributed by atoms with Crippen molar-refractivity contribution >= 4 is 12.2 Å². The molecule has 0 aliphatic carbocycles. The summed E-state index contributed by atoms with van der Waals surface area (Å²) in [5.74, 6) is 0.269. The van der Waals surface area contributed by atoms with Gasteiger partial charge in [0.1, 0.15) is 12.4 Å². The Balaban J connectivity index is 2.32. The zero-order valence-electron chi connectivity index (χ0n) is 9.88. The number of oxime groups is 1. The van der Waals surface area contributed by atoms with Crippen LogP contribution < -0.4 is 4.74 Å². The van der Waals surface area contributed by atoms with Gasteiger partial charge in [-0.2, -0.15) is 0 Å². The maximum absolute atomic E-state index is 10.9. The van der Waals surface area contributed by atoms with Gasteiger partial charge in [0.15, 0.2) is 6.21 Å². The van der Waals surface area contributed by atoms with Crippen molar-refractivity contribution in [1.29, 1.82) is 0 Å². The van der Waals surface area contributed by atoms with Crippen LogP contribution in [0.3, 0.4) is 0 Å². The van der Waals surface area contributed by atoms with E-state index in [2.05, 4.69) is 9.89 Å². The lowest BCUT2D eigenvalue weighted by molar-refractivity contribution is -0.134. The van der Waals surface area contributed by atoms with Gasteiger partial charge >= 0.3 is 5.97 Å². The van der Waals surface area contributed by atoms with Crippen LogP contribution in [0.25, 0.3) is 0 Å². The second kappa shape index (κ2) is 7.27. The Bertz CT molecular complexity index is 373. The van der Waals surface area contributed by atoms with Crippen LogP contribution in [0.5, 0.6) is 5.75 Å². The van der Waals surface area contributed by atoms with Crippen molar-refractivity contribution in [3.05, 3.63) is 29.8 Å². The molecule has 0 fully saturated rings. The lowest BCUT2D eigenvalue weighted by Crippen LogP contribution is -2.05. The maximum Gasteiger partial charge on any atom is 0.352 e. The number of nitrogens with zero attached hydrogens (tertiary/aromatic N) is 1. The fourth-order valence-corrected chi connectivity index (χ4v) is 1.09. The van der Waals surface area contributed by atoms with Crippen molar-refractivity contribution in [3.63, 3.8) is 0 Å². The molecule has 0 heterocycles. The third-order valence-corrected chi connectivity index (χ3v) is 1.91. The number of hydrogen-bond donors (Lipinski definition) is 0. The monoisotopic (exact) mass is 237 g/mol. The fourth-order valence-electron chi connectivity index (χ4n) is 1.09. The molecule has 1 aromatic carbocycles. The quantitative estimate of drug-likeness (QED) is 0.430. The SMILES string of the molecule is CCOC(=O)/C=N/OCc1ccc(OC)cc1. The summed E-state index contributed by atoms with van der Waals surface area (Å²) < 4.78 is 9.66. The van der Waals surface area contributed by atoms with Crippen molar-refractivity contribution in [2.24, 2.45) is 5.16 Å². The molecule has 0 saturated carbocycles. The summed E-state index contributed by atoms with van der Waals surface area (Å²) in [5, 5.41) is 3.50. The summed E-state index contributed by atoms with van der Waals surface area (Å²) in [5.41, 5.74) is 0.937. The number of ether oxygens (including phenoxy) is 2. The molecular weight excluding hydrogens is 222 g/mol. The first-order valence-electron chi connectivity index (χ1n) is 5.21. The number of esters is 1. The van der Waals surface area contributed by atoms with Crippen LogP contribution in [-0.2, 0) is 21.0 Å². The lowest BCUT2D eigenvalue weighted by atomic mass is 10.2. The second-order valence-electron chi connectivity index (χ2n) is 3.11. The number of rotatable bonds is 6. The highest BCUT2D eigenvalue weighted by atomic mass is 16.6. The first kappa shape index (κ1) is 13.0. The first-order valence-corrected chi connectivity index (χ1v) is 5.21. The molecule has 5 nitrogen and oxygen atoms in total. The molecular formula is C12H15NO4. The van der Waals surface area contributed by atoms with E-state index < -0.39 is 5.97 Å². The maximum atomic E-state index is 10.9. The summed E-state index contributed by atoms with van der Waals surface area (Å²) in [7, 11) is 1.61. The number of hydrogen-bond acceptors (Lipinski definition) is 5. The summed E-state index contributed by atoms with van der Waals surface area (Å²) in [6.07, 6.45) is 1.01. The highest BCUT2D eigenvalue weighted by Gasteiger charge is 1.96. The predicted octanol–water partition coefficient (Wildman–Crippen LogP) is 1.76. The van der Waals surface area contributed by atoms with Gasteiger partial charge in [0, 0.05) is 0 Å². The van der Waals surface area contributed by atoms with Crippen molar-refractivity contribution in [1.82, 2.24) is 0 Å². The molecule has 1 aromatic rings. The van der Waals surface area contributed by atoms with Crippen molar-refractivity contribution < 1.29 is 19.1 Å². The topological polar surface area (TPSA) is 57.1 Å². The average Bonchev–Trinajstić information content (AvgIpc) is 2.36. The van der Waals surface area contributed by atoms with E-state index in [4.69, 9.17) is 9.57 Å². The van der Waals surface area contributed by atoms with Crippen LogP contribution in [0, 0.1) is 0 Å². The molecule has 0 radical (unpaired) electrons. The normalized spacial score (nSPS) is 10.2. The first-order chi connectivity index (χ1) is 8.26. The fraction of sp³-hybridized carbons (Fsp3) is 0.333. The summed E-state index contributed by atoms with van der Waals surface area (Å²) in [6.45, 7) is 2.34. The van der Waals surface area contributed by atoms with Gasteiger partial charge in [-0.25, -0.2) is 4.79 Å². The molecule has 0 aromatic heterocycles. The molecule has 0 unspecified atom stereocenters. The summed E-state index contributed by atoms with van der Waals surface area (Å²) in [4.78, 5) is 15.8. The van der Waals surface area contributed by atoms with Gasteiger partial charge in [-0.05, 0) is 24.6 Å². The van der Waals surface area contributed by atoms with Crippen molar-refractivity contribution in [2.75, 3.05) is 13.7 Å². The Morgan fingerprint density at radius 2 is 2.06 bits per heavy atom. The molecule has 0 spiro atoms. The van der Waals surface area contributed by atoms with Crippen LogP contribution in [0.15, 0.2) is 29.4 Å². The van der Waals surface area contributed by atoms with Crippen LogP contribution in [0.4, 0.5) is 0 Å². The van der Waals surface area contributed by atoms with E-state index in [1.54, 1.807) is 14.0 Å². The van der Waals surface area contributed by atoms with Gasteiger partial charge < -0.3 is 14.3 Å².